The van der Waals surface area contributed by atoms with Gasteiger partial charge in [0.25, 0.3) is 5.91 Å². The van der Waals surface area contributed by atoms with Crippen molar-refractivity contribution in [3.05, 3.63) is 32.8 Å². The number of H-pyrrole nitrogens is 1. The Morgan fingerprint density at radius 2 is 1.95 bits per heavy atom. The third-order valence-electron chi connectivity index (χ3n) is 4.01. The van der Waals surface area contributed by atoms with Gasteiger partial charge in [-0.15, -0.1) is 0 Å². The second-order valence-electron chi connectivity index (χ2n) is 5.45. The first-order valence-electron chi connectivity index (χ1n) is 7.01. The number of rotatable bonds is 2. The number of hydrogen-bond donors (Lipinski definition) is 3. The number of halogens is 2. The highest BCUT2D eigenvalue weighted by Gasteiger charge is 2.25. The zero-order valence-electron chi connectivity index (χ0n) is 11.3. The van der Waals surface area contributed by atoms with E-state index < -0.39 is 6.10 Å². The third kappa shape index (κ3) is 3.03. The summed E-state index contributed by atoms with van der Waals surface area (Å²) in [5, 5.41) is 13.8. The molecule has 21 heavy (non-hydrogen) atoms. The number of aliphatic hydroxyl groups is 1. The first-order chi connectivity index (χ1) is 10.1. The SMILES string of the molecule is O=C(NC1CCCCC1O)c1c[nH]c2cc(Br)c(Br)cc12. The summed E-state index contributed by atoms with van der Waals surface area (Å²) in [5.41, 5.74) is 1.51. The molecule has 0 saturated heterocycles. The molecule has 0 bridgehead atoms. The van der Waals surface area contributed by atoms with Crippen molar-refractivity contribution in [3.63, 3.8) is 0 Å². The van der Waals surface area contributed by atoms with Gasteiger partial charge in [-0.2, -0.15) is 0 Å². The van der Waals surface area contributed by atoms with Crippen molar-refractivity contribution in [2.24, 2.45) is 0 Å². The van der Waals surface area contributed by atoms with E-state index in [4.69, 9.17) is 0 Å². The van der Waals surface area contributed by atoms with Gasteiger partial charge < -0.3 is 15.4 Å². The van der Waals surface area contributed by atoms with E-state index in [9.17, 15) is 9.90 Å². The maximum absolute atomic E-state index is 12.5. The predicted molar refractivity (Wildman–Crippen MR) is 89.4 cm³/mol. The van der Waals surface area contributed by atoms with Crippen LogP contribution in [0.15, 0.2) is 27.3 Å². The van der Waals surface area contributed by atoms with E-state index >= 15 is 0 Å². The van der Waals surface area contributed by atoms with Gasteiger partial charge in [-0.1, -0.05) is 12.8 Å². The van der Waals surface area contributed by atoms with Crippen LogP contribution in [0, 0.1) is 0 Å². The molecular weight excluding hydrogens is 400 g/mol. The molecule has 1 heterocycles. The molecule has 6 heteroatoms. The summed E-state index contributed by atoms with van der Waals surface area (Å²) in [6.07, 6.45) is 4.96. The number of amides is 1. The Balaban J connectivity index is 1.86. The van der Waals surface area contributed by atoms with Crippen molar-refractivity contribution in [2.75, 3.05) is 0 Å². The fourth-order valence-corrected chi connectivity index (χ4v) is 3.52. The molecule has 4 nitrogen and oxygen atoms in total. The molecule has 1 fully saturated rings. The van der Waals surface area contributed by atoms with Gasteiger partial charge in [0, 0.05) is 26.0 Å². The van der Waals surface area contributed by atoms with Crippen LogP contribution in [0.3, 0.4) is 0 Å². The standard InChI is InChI=1S/C15H16Br2N2O2/c16-10-5-8-9(7-18-13(8)6-11(10)17)15(21)19-12-3-1-2-4-14(12)20/h5-7,12,14,18,20H,1-4H2,(H,19,21). The number of fused-ring (bicyclic) bond motifs is 1. The van der Waals surface area contributed by atoms with Crippen molar-refractivity contribution in [3.8, 4) is 0 Å². The Morgan fingerprint density at radius 1 is 1.24 bits per heavy atom. The molecule has 1 aliphatic rings. The number of aromatic nitrogens is 1. The van der Waals surface area contributed by atoms with Crippen molar-refractivity contribution < 1.29 is 9.90 Å². The van der Waals surface area contributed by atoms with Gasteiger partial charge >= 0.3 is 0 Å². The van der Waals surface area contributed by atoms with E-state index in [2.05, 4.69) is 42.2 Å². The molecule has 2 atom stereocenters. The minimum Gasteiger partial charge on any atom is -0.391 e. The summed E-state index contributed by atoms with van der Waals surface area (Å²) in [7, 11) is 0. The first-order valence-corrected chi connectivity index (χ1v) is 8.60. The van der Waals surface area contributed by atoms with Gasteiger partial charge in [0.15, 0.2) is 0 Å². The lowest BCUT2D eigenvalue weighted by Gasteiger charge is -2.28. The van der Waals surface area contributed by atoms with Crippen LogP contribution in [0.5, 0.6) is 0 Å². The monoisotopic (exact) mass is 414 g/mol. The van der Waals surface area contributed by atoms with Crippen LogP contribution in [0.1, 0.15) is 36.0 Å². The van der Waals surface area contributed by atoms with Crippen LogP contribution >= 0.6 is 31.9 Å². The lowest BCUT2D eigenvalue weighted by Crippen LogP contribution is -2.45. The molecule has 1 aromatic carbocycles. The maximum Gasteiger partial charge on any atom is 0.253 e. The number of aromatic amines is 1. The van der Waals surface area contributed by atoms with Crippen molar-refractivity contribution in [2.45, 2.75) is 37.8 Å². The van der Waals surface area contributed by atoms with E-state index in [1.807, 2.05) is 12.1 Å². The molecule has 1 aliphatic carbocycles. The summed E-state index contributed by atoms with van der Waals surface area (Å²) in [6, 6.07) is 3.71. The average Bonchev–Trinajstić information content (AvgIpc) is 2.85. The summed E-state index contributed by atoms with van der Waals surface area (Å²) >= 11 is 6.91. The zero-order valence-corrected chi connectivity index (χ0v) is 14.5. The first kappa shape index (κ1) is 15.1. The maximum atomic E-state index is 12.5. The van der Waals surface area contributed by atoms with Crippen LogP contribution in [-0.4, -0.2) is 28.1 Å². The second kappa shape index (κ2) is 6.10. The molecule has 0 spiro atoms. The average molecular weight is 416 g/mol. The van der Waals surface area contributed by atoms with Crippen molar-refractivity contribution in [1.82, 2.24) is 10.3 Å². The molecule has 3 rings (SSSR count). The minimum atomic E-state index is -0.436. The topological polar surface area (TPSA) is 65.1 Å². The van der Waals surface area contributed by atoms with Gasteiger partial charge in [0.1, 0.15) is 0 Å². The Hall–Kier alpha value is -0.850. The number of benzene rings is 1. The molecule has 1 amide bonds. The Morgan fingerprint density at radius 3 is 2.71 bits per heavy atom. The molecule has 1 saturated carbocycles. The van der Waals surface area contributed by atoms with E-state index in [-0.39, 0.29) is 11.9 Å². The van der Waals surface area contributed by atoms with E-state index in [0.29, 0.717) is 5.56 Å². The smallest absolute Gasteiger partial charge is 0.253 e. The molecule has 3 N–H and O–H groups in total. The van der Waals surface area contributed by atoms with Gasteiger partial charge in [-0.3, -0.25) is 4.79 Å². The molecule has 0 aliphatic heterocycles. The molecule has 2 aromatic rings. The quantitative estimate of drug-likeness (QED) is 0.699. The van der Waals surface area contributed by atoms with Crippen LogP contribution in [-0.2, 0) is 0 Å². The lowest BCUT2D eigenvalue weighted by molar-refractivity contribution is 0.0718. The number of hydrogen-bond acceptors (Lipinski definition) is 2. The molecule has 0 radical (unpaired) electrons. The number of nitrogens with one attached hydrogen (secondary N) is 2. The van der Waals surface area contributed by atoms with Crippen LogP contribution in [0.25, 0.3) is 10.9 Å². The van der Waals surface area contributed by atoms with Crippen LogP contribution in [0.4, 0.5) is 0 Å². The number of carbonyl (C=O) groups is 1. The van der Waals surface area contributed by atoms with Crippen molar-refractivity contribution in [1.29, 1.82) is 0 Å². The molecular formula is C15H16Br2N2O2. The highest BCUT2D eigenvalue weighted by atomic mass is 79.9. The van der Waals surface area contributed by atoms with Gasteiger partial charge in [-0.25, -0.2) is 0 Å². The number of aliphatic hydroxyl groups excluding tert-OH is 1. The van der Waals surface area contributed by atoms with E-state index in [0.717, 1.165) is 45.5 Å². The normalized spacial score (nSPS) is 22.4. The second-order valence-corrected chi connectivity index (χ2v) is 7.15. The largest absolute Gasteiger partial charge is 0.391 e. The van der Waals surface area contributed by atoms with E-state index in [1.54, 1.807) is 6.20 Å². The highest BCUT2D eigenvalue weighted by molar-refractivity contribution is 9.13. The molecule has 2 unspecified atom stereocenters. The predicted octanol–water partition coefficient (Wildman–Crippen LogP) is 3.73. The van der Waals surface area contributed by atoms with Gasteiger partial charge in [-0.05, 0) is 56.8 Å². The van der Waals surface area contributed by atoms with Crippen LogP contribution in [0.2, 0.25) is 0 Å². The molecule has 112 valence electrons. The third-order valence-corrected chi connectivity index (χ3v) is 5.86. The highest BCUT2D eigenvalue weighted by Crippen LogP contribution is 2.30. The number of carbonyl (C=O) groups excluding carboxylic acids is 1. The minimum absolute atomic E-state index is 0.138. The fourth-order valence-electron chi connectivity index (χ4n) is 2.83. The van der Waals surface area contributed by atoms with Crippen LogP contribution < -0.4 is 5.32 Å². The summed E-state index contributed by atoms with van der Waals surface area (Å²) in [5.74, 6) is -0.138. The van der Waals surface area contributed by atoms with Crippen molar-refractivity contribution >= 4 is 48.7 Å². The molecule has 1 aromatic heterocycles. The Kier molecular flexibility index (Phi) is 4.38. The van der Waals surface area contributed by atoms with Gasteiger partial charge in [0.2, 0.25) is 0 Å². The lowest BCUT2D eigenvalue weighted by atomic mass is 9.92. The zero-order chi connectivity index (χ0) is 15.0. The Bertz CT molecular complexity index is 684. The van der Waals surface area contributed by atoms with Gasteiger partial charge in [0.05, 0.1) is 17.7 Å². The van der Waals surface area contributed by atoms with E-state index in [1.165, 1.54) is 0 Å². The summed E-state index contributed by atoms with van der Waals surface area (Å²) in [4.78, 5) is 15.6. The fraction of sp³-hybridized carbons (Fsp3) is 0.400. The summed E-state index contributed by atoms with van der Waals surface area (Å²) < 4.78 is 1.84. The Labute approximate surface area is 139 Å². The summed E-state index contributed by atoms with van der Waals surface area (Å²) in [6.45, 7) is 0.